The van der Waals surface area contributed by atoms with Crippen molar-refractivity contribution < 1.29 is 4.79 Å². The fourth-order valence-corrected chi connectivity index (χ4v) is 3.29. The van der Waals surface area contributed by atoms with Crippen molar-refractivity contribution in [1.29, 1.82) is 0 Å². The van der Waals surface area contributed by atoms with Crippen molar-refractivity contribution in [1.82, 2.24) is 10.2 Å². The van der Waals surface area contributed by atoms with E-state index in [1.807, 2.05) is 24.3 Å². The van der Waals surface area contributed by atoms with E-state index in [9.17, 15) is 4.79 Å². The molecule has 0 atom stereocenters. The summed E-state index contributed by atoms with van der Waals surface area (Å²) in [6, 6.07) is 8.15. The quantitative estimate of drug-likeness (QED) is 0.907. The molecule has 1 saturated heterocycles. The number of amides is 1. The van der Waals surface area contributed by atoms with Crippen LogP contribution in [0.4, 0.5) is 0 Å². The van der Waals surface area contributed by atoms with E-state index in [1.54, 1.807) is 0 Å². The molecule has 0 spiro atoms. The summed E-state index contributed by atoms with van der Waals surface area (Å²) in [5, 5.41) is 4.09. The molecule has 3 rings (SSSR count). The van der Waals surface area contributed by atoms with Crippen LogP contribution in [0.5, 0.6) is 0 Å². The van der Waals surface area contributed by atoms with Crippen molar-refractivity contribution in [3.05, 3.63) is 34.9 Å². The van der Waals surface area contributed by atoms with Crippen LogP contribution in [-0.4, -0.2) is 36.5 Å². The van der Waals surface area contributed by atoms with Gasteiger partial charge in [-0.2, -0.15) is 0 Å². The summed E-state index contributed by atoms with van der Waals surface area (Å²) in [5.41, 5.74) is 0.945. The fraction of sp³-hybridized carbons (Fsp3) is 0.588. The van der Waals surface area contributed by atoms with E-state index in [1.165, 1.54) is 25.7 Å². The molecule has 1 saturated carbocycles. The summed E-state index contributed by atoms with van der Waals surface area (Å²) in [7, 11) is 0. The molecule has 21 heavy (non-hydrogen) atoms. The minimum Gasteiger partial charge on any atom is -0.339 e. The Morgan fingerprint density at radius 2 is 1.90 bits per heavy atom. The van der Waals surface area contributed by atoms with Crippen LogP contribution in [0.1, 0.15) is 31.2 Å². The Bertz CT molecular complexity index is 495. The first-order chi connectivity index (χ1) is 10.2. The Labute approximate surface area is 131 Å². The Morgan fingerprint density at radius 3 is 2.57 bits per heavy atom. The normalized spacial score (nSPS) is 19.5. The number of carbonyl (C=O) groups excluding carboxylic acids is 1. The highest BCUT2D eigenvalue weighted by atomic mass is 35.5. The molecule has 1 heterocycles. The van der Waals surface area contributed by atoms with Crippen LogP contribution in [0.3, 0.4) is 0 Å². The summed E-state index contributed by atoms with van der Waals surface area (Å²) < 4.78 is 0. The Hall–Kier alpha value is -1.06. The van der Waals surface area contributed by atoms with Crippen molar-refractivity contribution >= 4 is 17.5 Å². The molecule has 1 aromatic carbocycles. The molecule has 2 fully saturated rings. The van der Waals surface area contributed by atoms with Crippen molar-refractivity contribution in [3.8, 4) is 0 Å². The molecule has 0 bridgehead atoms. The van der Waals surface area contributed by atoms with Gasteiger partial charge in [-0.05, 0) is 56.3 Å². The lowest BCUT2D eigenvalue weighted by Crippen LogP contribution is -2.41. The predicted octanol–water partition coefficient (Wildman–Crippen LogP) is 2.87. The molecule has 1 aliphatic carbocycles. The summed E-state index contributed by atoms with van der Waals surface area (Å²) in [5.74, 6) is 0.895. The first-order valence-electron chi connectivity index (χ1n) is 7.97. The van der Waals surface area contributed by atoms with Crippen LogP contribution in [0.15, 0.2) is 24.3 Å². The van der Waals surface area contributed by atoms with E-state index in [-0.39, 0.29) is 5.91 Å². The van der Waals surface area contributed by atoms with Gasteiger partial charge in [0, 0.05) is 17.6 Å². The van der Waals surface area contributed by atoms with E-state index in [2.05, 4.69) is 10.2 Å². The average molecular weight is 307 g/mol. The molecule has 1 N–H and O–H groups in total. The maximum atomic E-state index is 12.7. The lowest BCUT2D eigenvalue weighted by molar-refractivity contribution is -0.131. The first kappa shape index (κ1) is 14.9. The molecule has 1 aromatic rings. The van der Waals surface area contributed by atoms with Gasteiger partial charge in [-0.25, -0.2) is 0 Å². The number of rotatable bonds is 5. The maximum Gasteiger partial charge on any atom is 0.227 e. The second-order valence-electron chi connectivity index (χ2n) is 6.24. The standard InChI is InChI=1S/C17H23ClN2O/c18-16-4-2-1-3-14(16)11-17(21)20(15-5-6-15)12-13-7-9-19-10-8-13/h1-4,13,15,19H,5-12H2. The van der Waals surface area contributed by atoms with Gasteiger partial charge >= 0.3 is 0 Å². The molecule has 0 aromatic heterocycles. The molecule has 0 radical (unpaired) electrons. The third-order valence-corrected chi connectivity index (χ3v) is 4.89. The molecule has 3 nitrogen and oxygen atoms in total. The maximum absolute atomic E-state index is 12.7. The molecule has 4 heteroatoms. The smallest absolute Gasteiger partial charge is 0.227 e. The zero-order valence-corrected chi connectivity index (χ0v) is 13.1. The Morgan fingerprint density at radius 1 is 1.19 bits per heavy atom. The zero-order valence-electron chi connectivity index (χ0n) is 12.4. The summed E-state index contributed by atoms with van der Waals surface area (Å²) >= 11 is 6.18. The molecule has 1 aliphatic heterocycles. The van der Waals surface area contributed by atoms with Crippen LogP contribution < -0.4 is 5.32 Å². The van der Waals surface area contributed by atoms with Gasteiger partial charge in [-0.3, -0.25) is 4.79 Å². The number of carbonyl (C=O) groups is 1. The third-order valence-electron chi connectivity index (χ3n) is 4.52. The van der Waals surface area contributed by atoms with E-state index in [0.717, 1.165) is 25.2 Å². The van der Waals surface area contributed by atoms with Crippen LogP contribution in [0.2, 0.25) is 5.02 Å². The Balaban J connectivity index is 1.63. The zero-order chi connectivity index (χ0) is 14.7. The number of hydrogen-bond acceptors (Lipinski definition) is 2. The molecular formula is C17H23ClN2O. The number of piperidine rings is 1. The van der Waals surface area contributed by atoms with Gasteiger partial charge in [-0.15, -0.1) is 0 Å². The number of halogens is 1. The first-order valence-corrected chi connectivity index (χ1v) is 8.35. The SMILES string of the molecule is O=C(Cc1ccccc1Cl)N(CC1CCNCC1)C1CC1. The third kappa shape index (κ3) is 3.98. The van der Waals surface area contributed by atoms with Gasteiger partial charge < -0.3 is 10.2 Å². The monoisotopic (exact) mass is 306 g/mol. The van der Waals surface area contributed by atoms with Gasteiger partial charge in [0.1, 0.15) is 0 Å². The van der Waals surface area contributed by atoms with Crippen molar-refractivity contribution in [2.45, 2.75) is 38.1 Å². The molecule has 114 valence electrons. The van der Waals surface area contributed by atoms with E-state index >= 15 is 0 Å². The minimum atomic E-state index is 0.240. The van der Waals surface area contributed by atoms with Crippen molar-refractivity contribution in [2.24, 2.45) is 5.92 Å². The second-order valence-corrected chi connectivity index (χ2v) is 6.65. The topological polar surface area (TPSA) is 32.3 Å². The Kier molecular flexibility index (Phi) is 4.81. The molecular weight excluding hydrogens is 284 g/mol. The summed E-state index contributed by atoms with van der Waals surface area (Å²) in [6.07, 6.45) is 5.13. The highest BCUT2D eigenvalue weighted by Crippen LogP contribution is 2.30. The average Bonchev–Trinajstić information content (AvgIpc) is 3.33. The van der Waals surface area contributed by atoms with Crippen LogP contribution >= 0.6 is 11.6 Å². The van der Waals surface area contributed by atoms with Crippen molar-refractivity contribution in [2.75, 3.05) is 19.6 Å². The molecule has 0 unspecified atom stereocenters. The lowest BCUT2D eigenvalue weighted by atomic mass is 9.97. The van der Waals surface area contributed by atoms with Crippen LogP contribution in [0, 0.1) is 5.92 Å². The largest absolute Gasteiger partial charge is 0.339 e. The van der Waals surface area contributed by atoms with Crippen LogP contribution in [0.25, 0.3) is 0 Å². The van der Waals surface area contributed by atoms with Gasteiger partial charge in [-0.1, -0.05) is 29.8 Å². The van der Waals surface area contributed by atoms with Gasteiger partial charge in [0.15, 0.2) is 0 Å². The number of nitrogens with zero attached hydrogens (tertiary/aromatic N) is 1. The minimum absolute atomic E-state index is 0.240. The summed E-state index contributed by atoms with van der Waals surface area (Å²) in [6.45, 7) is 3.10. The number of benzene rings is 1. The van der Waals surface area contributed by atoms with E-state index in [4.69, 9.17) is 11.6 Å². The summed E-state index contributed by atoms with van der Waals surface area (Å²) in [4.78, 5) is 14.8. The highest BCUT2D eigenvalue weighted by molar-refractivity contribution is 6.31. The number of nitrogens with one attached hydrogen (secondary N) is 1. The van der Waals surface area contributed by atoms with Gasteiger partial charge in [0.25, 0.3) is 0 Å². The van der Waals surface area contributed by atoms with E-state index < -0.39 is 0 Å². The van der Waals surface area contributed by atoms with Gasteiger partial charge in [0.2, 0.25) is 5.91 Å². The van der Waals surface area contributed by atoms with Crippen molar-refractivity contribution in [3.63, 3.8) is 0 Å². The van der Waals surface area contributed by atoms with Crippen LogP contribution in [-0.2, 0) is 11.2 Å². The highest BCUT2D eigenvalue weighted by Gasteiger charge is 2.34. The second kappa shape index (κ2) is 6.80. The molecule has 2 aliphatic rings. The predicted molar refractivity (Wildman–Crippen MR) is 85.5 cm³/mol. The lowest BCUT2D eigenvalue weighted by Gasteiger charge is -2.30. The fourth-order valence-electron chi connectivity index (χ4n) is 3.09. The number of hydrogen-bond donors (Lipinski definition) is 1. The van der Waals surface area contributed by atoms with E-state index in [0.29, 0.717) is 23.4 Å². The van der Waals surface area contributed by atoms with Gasteiger partial charge in [0.05, 0.1) is 6.42 Å². The molecule has 1 amide bonds.